The molecule has 2 heteroatoms. The van der Waals surface area contributed by atoms with E-state index in [0.717, 1.165) is 19.5 Å². The van der Waals surface area contributed by atoms with Gasteiger partial charge in [-0.3, -0.25) is 0 Å². The van der Waals surface area contributed by atoms with Crippen molar-refractivity contribution in [2.75, 3.05) is 16.5 Å². The molecular weight excluding hydrogens is 641 g/mol. The van der Waals surface area contributed by atoms with Crippen LogP contribution in [0.25, 0.3) is 44.5 Å². The molecule has 1 aliphatic rings. The SMILES string of the molecule is c1ccc(CCc2cc(-c3ccccc3-c3ccccc3)cc(-c3ccccc3-c3ccc(N4CN(c5ccccc5)c5ccccc54)cc3)c2)cc1. The van der Waals surface area contributed by atoms with Crippen molar-refractivity contribution >= 4 is 22.7 Å². The van der Waals surface area contributed by atoms with E-state index in [0.29, 0.717) is 0 Å². The Bertz CT molecular complexity index is 2470. The fraction of sp³-hybridized carbons (Fsp3) is 0.0588. The number of rotatable bonds is 9. The molecule has 8 aromatic carbocycles. The summed E-state index contributed by atoms with van der Waals surface area (Å²) in [6.45, 7) is 0.766. The van der Waals surface area contributed by atoms with Crippen LogP contribution in [0.3, 0.4) is 0 Å². The van der Waals surface area contributed by atoms with Gasteiger partial charge in [-0.15, -0.1) is 0 Å². The monoisotopic (exact) mass is 680 g/mol. The van der Waals surface area contributed by atoms with E-state index in [1.165, 1.54) is 78.4 Å². The molecule has 1 aliphatic heterocycles. The Kier molecular flexibility index (Phi) is 8.85. The van der Waals surface area contributed by atoms with E-state index in [9.17, 15) is 0 Å². The Hall–Kier alpha value is -6.64. The van der Waals surface area contributed by atoms with Gasteiger partial charge < -0.3 is 9.80 Å². The van der Waals surface area contributed by atoms with Crippen LogP contribution in [0.2, 0.25) is 0 Å². The summed E-state index contributed by atoms with van der Waals surface area (Å²) in [6, 6.07) is 74.9. The molecule has 0 spiro atoms. The molecule has 0 radical (unpaired) electrons. The zero-order valence-electron chi connectivity index (χ0n) is 29.6. The zero-order chi connectivity index (χ0) is 35.4. The van der Waals surface area contributed by atoms with E-state index in [1.54, 1.807) is 0 Å². The van der Waals surface area contributed by atoms with Gasteiger partial charge in [-0.2, -0.15) is 0 Å². The van der Waals surface area contributed by atoms with Crippen molar-refractivity contribution in [1.82, 2.24) is 0 Å². The van der Waals surface area contributed by atoms with E-state index >= 15 is 0 Å². The second-order valence-corrected chi connectivity index (χ2v) is 13.7. The van der Waals surface area contributed by atoms with Gasteiger partial charge in [0.05, 0.1) is 11.4 Å². The van der Waals surface area contributed by atoms with Crippen molar-refractivity contribution in [1.29, 1.82) is 0 Å². The smallest absolute Gasteiger partial charge is 0.100 e. The van der Waals surface area contributed by atoms with Gasteiger partial charge in [-0.05, 0) is 111 Å². The number of nitrogens with zero attached hydrogens (tertiary/aromatic N) is 2. The highest BCUT2D eigenvalue weighted by Gasteiger charge is 2.27. The number of aryl methyl sites for hydroxylation is 2. The molecule has 8 aromatic rings. The highest BCUT2D eigenvalue weighted by molar-refractivity contribution is 5.91. The van der Waals surface area contributed by atoms with Crippen LogP contribution in [0.4, 0.5) is 22.7 Å². The third kappa shape index (κ3) is 6.64. The van der Waals surface area contributed by atoms with Gasteiger partial charge >= 0.3 is 0 Å². The average molecular weight is 681 g/mol. The van der Waals surface area contributed by atoms with Crippen LogP contribution in [-0.4, -0.2) is 6.67 Å². The van der Waals surface area contributed by atoms with Crippen LogP contribution < -0.4 is 9.80 Å². The van der Waals surface area contributed by atoms with Gasteiger partial charge in [0.15, 0.2) is 0 Å². The Balaban J connectivity index is 1.09. The first-order valence-electron chi connectivity index (χ1n) is 18.5. The molecule has 0 bridgehead atoms. The molecule has 1 heterocycles. The van der Waals surface area contributed by atoms with Crippen LogP contribution >= 0.6 is 0 Å². The first kappa shape index (κ1) is 32.3. The van der Waals surface area contributed by atoms with E-state index in [4.69, 9.17) is 0 Å². The number of hydrogen-bond donors (Lipinski definition) is 0. The topological polar surface area (TPSA) is 6.48 Å². The molecule has 254 valence electrons. The Morgan fingerprint density at radius 2 is 0.698 bits per heavy atom. The lowest BCUT2D eigenvalue weighted by atomic mass is 9.88. The van der Waals surface area contributed by atoms with E-state index in [-0.39, 0.29) is 0 Å². The minimum absolute atomic E-state index is 0.766. The van der Waals surface area contributed by atoms with Gasteiger partial charge in [0.2, 0.25) is 0 Å². The Morgan fingerprint density at radius 3 is 1.25 bits per heavy atom. The molecule has 0 aliphatic carbocycles. The van der Waals surface area contributed by atoms with Crippen LogP contribution in [0.15, 0.2) is 206 Å². The van der Waals surface area contributed by atoms with E-state index < -0.39 is 0 Å². The number of hydrogen-bond acceptors (Lipinski definition) is 2. The maximum Gasteiger partial charge on any atom is 0.100 e. The van der Waals surface area contributed by atoms with Crippen LogP contribution in [0.1, 0.15) is 11.1 Å². The number of fused-ring (bicyclic) bond motifs is 1. The number of para-hydroxylation sites is 3. The van der Waals surface area contributed by atoms with Gasteiger partial charge in [0.25, 0.3) is 0 Å². The molecular formula is C51H40N2. The molecule has 0 aromatic heterocycles. The second-order valence-electron chi connectivity index (χ2n) is 13.7. The maximum absolute atomic E-state index is 2.41. The third-order valence-corrected chi connectivity index (χ3v) is 10.4. The molecule has 0 saturated carbocycles. The largest absolute Gasteiger partial charge is 0.321 e. The predicted molar refractivity (Wildman–Crippen MR) is 224 cm³/mol. The fourth-order valence-electron chi connectivity index (χ4n) is 7.76. The van der Waals surface area contributed by atoms with Crippen LogP contribution in [0.5, 0.6) is 0 Å². The van der Waals surface area contributed by atoms with Crippen molar-refractivity contribution in [2.24, 2.45) is 0 Å². The first-order chi connectivity index (χ1) is 26.3. The quantitative estimate of drug-likeness (QED) is 0.150. The van der Waals surface area contributed by atoms with Crippen molar-refractivity contribution in [2.45, 2.75) is 12.8 Å². The second kappa shape index (κ2) is 14.5. The van der Waals surface area contributed by atoms with Gasteiger partial charge in [-0.25, -0.2) is 0 Å². The third-order valence-electron chi connectivity index (χ3n) is 10.4. The standard InChI is InChI=1S/C51H40N2/c1-4-16-38(17-5-1)28-29-39-34-42(48-24-12-10-22-46(48)40-18-6-2-7-19-40)36-43(35-39)49-25-13-11-23-47(49)41-30-32-45(33-31-41)53-37-52(44-20-8-3-9-21-44)50-26-14-15-27-51(50)53/h1-27,30-36H,28-29,37H2. The molecule has 0 amide bonds. The van der Waals surface area contributed by atoms with Crippen molar-refractivity contribution in [3.63, 3.8) is 0 Å². The van der Waals surface area contributed by atoms with E-state index in [2.05, 4.69) is 216 Å². The van der Waals surface area contributed by atoms with Crippen molar-refractivity contribution in [3.05, 3.63) is 217 Å². The molecule has 0 fully saturated rings. The fourth-order valence-corrected chi connectivity index (χ4v) is 7.76. The Morgan fingerprint density at radius 1 is 0.302 bits per heavy atom. The highest BCUT2D eigenvalue weighted by atomic mass is 15.4. The van der Waals surface area contributed by atoms with Crippen LogP contribution in [0, 0.1) is 0 Å². The summed E-state index contributed by atoms with van der Waals surface area (Å²) in [4.78, 5) is 4.79. The summed E-state index contributed by atoms with van der Waals surface area (Å²) in [7, 11) is 0. The van der Waals surface area contributed by atoms with Crippen LogP contribution in [-0.2, 0) is 12.8 Å². The zero-order valence-corrected chi connectivity index (χ0v) is 29.6. The first-order valence-corrected chi connectivity index (χ1v) is 18.5. The van der Waals surface area contributed by atoms with Gasteiger partial charge in [-0.1, -0.05) is 164 Å². The maximum atomic E-state index is 2.41. The highest BCUT2D eigenvalue weighted by Crippen LogP contribution is 2.45. The van der Waals surface area contributed by atoms with Crippen molar-refractivity contribution < 1.29 is 0 Å². The molecule has 0 unspecified atom stereocenters. The summed E-state index contributed by atoms with van der Waals surface area (Å²) in [5, 5.41) is 0. The normalized spacial score (nSPS) is 12.2. The minimum atomic E-state index is 0.766. The lowest BCUT2D eigenvalue weighted by Gasteiger charge is -2.22. The summed E-state index contributed by atoms with van der Waals surface area (Å²) >= 11 is 0. The summed E-state index contributed by atoms with van der Waals surface area (Å²) < 4.78 is 0. The molecule has 0 N–H and O–H groups in total. The average Bonchev–Trinajstić information content (AvgIpc) is 3.64. The molecule has 2 nitrogen and oxygen atoms in total. The lowest BCUT2D eigenvalue weighted by molar-refractivity contribution is 0.961. The number of anilines is 4. The van der Waals surface area contributed by atoms with Crippen molar-refractivity contribution in [3.8, 4) is 44.5 Å². The lowest BCUT2D eigenvalue weighted by Crippen LogP contribution is -2.23. The molecule has 0 atom stereocenters. The van der Waals surface area contributed by atoms with Gasteiger partial charge in [0, 0.05) is 11.4 Å². The summed E-state index contributed by atoms with van der Waals surface area (Å²) in [5.41, 5.74) is 17.4. The molecule has 9 rings (SSSR count). The van der Waals surface area contributed by atoms with Gasteiger partial charge in [0.1, 0.15) is 6.67 Å². The van der Waals surface area contributed by atoms with E-state index in [1.807, 2.05) is 0 Å². The molecule has 53 heavy (non-hydrogen) atoms. The summed E-state index contributed by atoms with van der Waals surface area (Å²) in [6.07, 6.45) is 1.96. The molecule has 0 saturated heterocycles. The Labute approximate surface area is 312 Å². The summed E-state index contributed by atoms with van der Waals surface area (Å²) in [5.74, 6) is 0. The minimum Gasteiger partial charge on any atom is -0.321 e. The predicted octanol–water partition coefficient (Wildman–Crippen LogP) is 13.4. The number of benzene rings is 8.